The topological polar surface area (TPSA) is 41.6 Å². The highest BCUT2D eigenvalue weighted by Gasteiger charge is 2.31. The molecule has 0 aromatic heterocycles. The summed E-state index contributed by atoms with van der Waals surface area (Å²) in [6.45, 7) is 6.82. The molecule has 0 spiro atoms. The van der Waals surface area contributed by atoms with Crippen LogP contribution in [0.4, 0.5) is 0 Å². The van der Waals surface area contributed by atoms with Gasteiger partial charge in [0.15, 0.2) is 0 Å². The van der Waals surface area contributed by atoms with Gasteiger partial charge in [-0.1, -0.05) is 0 Å². The SMILES string of the molecule is CC(C)OCCC(=O)NC1CCN(C2CC2)CC1. The lowest BCUT2D eigenvalue weighted by Gasteiger charge is -2.32. The van der Waals surface area contributed by atoms with Gasteiger partial charge in [0.05, 0.1) is 12.7 Å². The summed E-state index contributed by atoms with van der Waals surface area (Å²) in [5.74, 6) is 0.139. The summed E-state index contributed by atoms with van der Waals surface area (Å²) in [5, 5.41) is 3.13. The quantitative estimate of drug-likeness (QED) is 0.782. The zero-order valence-corrected chi connectivity index (χ0v) is 11.7. The van der Waals surface area contributed by atoms with E-state index < -0.39 is 0 Å². The van der Waals surface area contributed by atoms with Gasteiger partial charge in [0.25, 0.3) is 0 Å². The van der Waals surface area contributed by atoms with Gasteiger partial charge < -0.3 is 15.0 Å². The molecule has 4 heteroatoms. The van der Waals surface area contributed by atoms with Crippen molar-refractivity contribution in [3.63, 3.8) is 0 Å². The maximum atomic E-state index is 11.7. The van der Waals surface area contributed by atoms with Crippen molar-refractivity contribution in [3.8, 4) is 0 Å². The molecule has 0 bridgehead atoms. The van der Waals surface area contributed by atoms with Crippen LogP contribution in [0.25, 0.3) is 0 Å². The first-order valence-corrected chi connectivity index (χ1v) is 7.30. The summed E-state index contributed by atoms with van der Waals surface area (Å²) in [5.41, 5.74) is 0. The Morgan fingerprint density at radius 3 is 2.50 bits per heavy atom. The van der Waals surface area contributed by atoms with E-state index in [1.807, 2.05) is 13.8 Å². The number of nitrogens with one attached hydrogen (secondary N) is 1. The van der Waals surface area contributed by atoms with E-state index in [2.05, 4.69) is 10.2 Å². The van der Waals surface area contributed by atoms with E-state index in [-0.39, 0.29) is 12.0 Å². The standard InChI is InChI=1S/C14H26N2O2/c1-11(2)18-10-7-14(17)15-12-5-8-16(9-6-12)13-3-4-13/h11-13H,3-10H2,1-2H3,(H,15,17). The molecule has 1 saturated carbocycles. The van der Waals surface area contributed by atoms with Crippen molar-refractivity contribution in [2.75, 3.05) is 19.7 Å². The van der Waals surface area contributed by atoms with Crippen molar-refractivity contribution < 1.29 is 9.53 Å². The molecule has 1 N–H and O–H groups in total. The lowest BCUT2D eigenvalue weighted by atomic mass is 10.0. The molecule has 1 aliphatic heterocycles. The van der Waals surface area contributed by atoms with Crippen LogP contribution >= 0.6 is 0 Å². The molecule has 18 heavy (non-hydrogen) atoms. The van der Waals surface area contributed by atoms with Gasteiger partial charge in [-0.15, -0.1) is 0 Å². The Labute approximate surface area is 110 Å². The second-order valence-electron chi connectivity index (χ2n) is 5.78. The van der Waals surface area contributed by atoms with Crippen LogP contribution in [0.5, 0.6) is 0 Å². The lowest BCUT2D eigenvalue weighted by Crippen LogP contribution is -2.45. The Hall–Kier alpha value is -0.610. The van der Waals surface area contributed by atoms with Crippen molar-refractivity contribution in [1.82, 2.24) is 10.2 Å². The van der Waals surface area contributed by atoms with Crippen LogP contribution in [0.3, 0.4) is 0 Å². The third kappa shape index (κ3) is 4.58. The summed E-state index contributed by atoms with van der Waals surface area (Å²) in [7, 11) is 0. The van der Waals surface area contributed by atoms with Gasteiger partial charge in [-0.05, 0) is 39.5 Å². The van der Waals surface area contributed by atoms with Gasteiger partial charge in [0.1, 0.15) is 0 Å². The van der Waals surface area contributed by atoms with E-state index in [1.54, 1.807) is 0 Å². The Morgan fingerprint density at radius 1 is 1.28 bits per heavy atom. The van der Waals surface area contributed by atoms with Crippen LogP contribution in [0.2, 0.25) is 0 Å². The lowest BCUT2D eigenvalue weighted by molar-refractivity contribution is -0.123. The molecule has 2 aliphatic rings. The summed E-state index contributed by atoms with van der Waals surface area (Å²) in [4.78, 5) is 14.3. The number of rotatable bonds is 6. The number of likely N-dealkylation sites (tertiary alicyclic amines) is 1. The van der Waals surface area contributed by atoms with Gasteiger partial charge in [-0.3, -0.25) is 4.79 Å². The second-order valence-corrected chi connectivity index (χ2v) is 5.78. The van der Waals surface area contributed by atoms with E-state index in [4.69, 9.17) is 4.74 Å². The zero-order valence-electron chi connectivity index (χ0n) is 11.7. The van der Waals surface area contributed by atoms with Crippen LogP contribution in [-0.2, 0) is 9.53 Å². The Morgan fingerprint density at radius 2 is 1.94 bits per heavy atom. The van der Waals surface area contributed by atoms with Crippen LogP contribution in [0.15, 0.2) is 0 Å². The number of piperidine rings is 1. The third-order valence-corrected chi connectivity index (χ3v) is 3.74. The van der Waals surface area contributed by atoms with Crippen LogP contribution in [0, 0.1) is 0 Å². The second kappa shape index (κ2) is 6.53. The van der Waals surface area contributed by atoms with Gasteiger partial charge in [0, 0.05) is 31.6 Å². The fourth-order valence-electron chi connectivity index (χ4n) is 2.54. The highest BCUT2D eigenvalue weighted by molar-refractivity contribution is 5.76. The molecule has 104 valence electrons. The Bertz CT molecular complexity index is 269. The highest BCUT2D eigenvalue weighted by Crippen LogP contribution is 2.29. The van der Waals surface area contributed by atoms with Gasteiger partial charge in [0.2, 0.25) is 5.91 Å². The monoisotopic (exact) mass is 254 g/mol. The number of ether oxygens (including phenoxy) is 1. The fraction of sp³-hybridized carbons (Fsp3) is 0.929. The minimum absolute atomic E-state index is 0.139. The Balaban J connectivity index is 1.57. The predicted octanol–water partition coefficient (Wildman–Crippen LogP) is 1.54. The molecule has 2 fully saturated rings. The number of hydrogen-bond donors (Lipinski definition) is 1. The molecular formula is C14H26N2O2. The third-order valence-electron chi connectivity index (χ3n) is 3.74. The maximum absolute atomic E-state index is 11.7. The molecule has 0 radical (unpaired) electrons. The maximum Gasteiger partial charge on any atom is 0.222 e. The molecule has 0 aromatic rings. The number of amides is 1. The number of nitrogens with zero attached hydrogens (tertiary/aromatic N) is 1. The van der Waals surface area contributed by atoms with E-state index in [9.17, 15) is 4.79 Å². The summed E-state index contributed by atoms with van der Waals surface area (Å²) < 4.78 is 5.39. The number of hydrogen-bond acceptors (Lipinski definition) is 3. The number of carbonyl (C=O) groups is 1. The number of carbonyl (C=O) groups excluding carboxylic acids is 1. The van der Waals surface area contributed by atoms with E-state index >= 15 is 0 Å². The molecule has 1 saturated heterocycles. The van der Waals surface area contributed by atoms with E-state index in [0.717, 1.165) is 32.0 Å². The van der Waals surface area contributed by atoms with Crippen molar-refractivity contribution in [2.45, 2.75) is 64.1 Å². The first kappa shape index (κ1) is 13.8. The molecule has 4 nitrogen and oxygen atoms in total. The summed E-state index contributed by atoms with van der Waals surface area (Å²) >= 11 is 0. The molecule has 1 amide bonds. The first-order chi connectivity index (χ1) is 8.65. The van der Waals surface area contributed by atoms with Crippen molar-refractivity contribution in [2.24, 2.45) is 0 Å². The molecule has 1 aliphatic carbocycles. The minimum atomic E-state index is 0.139. The van der Waals surface area contributed by atoms with Crippen molar-refractivity contribution >= 4 is 5.91 Å². The van der Waals surface area contributed by atoms with E-state index in [1.165, 1.54) is 12.8 Å². The molecule has 0 atom stereocenters. The fourth-order valence-corrected chi connectivity index (χ4v) is 2.54. The molecule has 2 rings (SSSR count). The van der Waals surface area contributed by atoms with E-state index in [0.29, 0.717) is 19.1 Å². The van der Waals surface area contributed by atoms with Crippen molar-refractivity contribution in [3.05, 3.63) is 0 Å². The average molecular weight is 254 g/mol. The minimum Gasteiger partial charge on any atom is -0.378 e. The van der Waals surface area contributed by atoms with Crippen LogP contribution < -0.4 is 5.32 Å². The van der Waals surface area contributed by atoms with Gasteiger partial charge in [-0.25, -0.2) is 0 Å². The van der Waals surface area contributed by atoms with Crippen molar-refractivity contribution in [1.29, 1.82) is 0 Å². The van der Waals surface area contributed by atoms with Gasteiger partial charge >= 0.3 is 0 Å². The largest absolute Gasteiger partial charge is 0.378 e. The zero-order chi connectivity index (χ0) is 13.0. The molecule has 0 aromatic carbocycles. The predicted molar refractivity (Wildman–Crippen MR) is 71.5 cm³/mol. The van der Waals surface area contributed by atoms with Gasteiger partial charge in [-0.2, -0.15) is 0 Å². The molecule has 0 unspecified atom stereocenters. The Kier molecular flexibility index (Phi) is 5.01. The highest BCUT2D eigenvalue weighted by atomic mass is 16.5. The van der Waals surface area contributed by atoms with Crippen LogP contribution in [0.1, 0.15) is 46.0 Å². The molecular weight excluding hydrogens is 228 g/mol. The van der Waals surface area contributed by atoms with Crippen LogP contribution in [-0.4, -0.2) is 48.7 Å². The molecule has 1 heterocycles. The first-order valence-electron chi connectivity index (χ1n) is 7.30. The summed E-state index contributed by atoms with van der Waals surface area (Å²) in [6, 6.07) is 1.24. The average Bonchev–Trinajstić information content (AvgIpc) is 3.13. The normalized spacial score (nSPS) is 22.4. The summed E-state index contributed by atoms with van der Waals surface area (Å²) in [6.07, 6.45) is 5.66. The smallest absolute Gasteiger partial charge is 0.222 e.